The van der Waals surface area contributed by atoms with Gasteiger partial charge in [0.15, 0.2) is 0 Å². The summed E-state index contributed by atoms with van der Waals surface area (Å²) >= 11 is 0. The van der Waals surface area contributed by atoms with Crippen molar-refractivity contribution in [2.45, 2.75) is 33.6 Å². The van der Waals surface area contributed by atoms with Crippen LogP contribution < -0.4 is 0 Å². The predicted octanol–water partition coefficient (Wildman–Crippen LogP) is 4.49. The van der Waals surface area contributed by atoms with E-state index in [0.717, 1.165) is 5.69 Å². The maximum Gasteiger partial charge on any atom is 0.0736 e. The van der Waals surface area contributed by atoms with Crippen molar-refractivity contribution in [2.24, 2.45) is 0 Å². The van der Waals surface area contributed by atoms with Gasteiger partial charge in [-0.2, -0.15) is 0 Å². The van der Waals surface area contributed by atoms with Crippen LogP contribution in [0.25, 0.3) is 11.3 Å². The average molecular weight is 225 g/mol. The van der Waals surface area contributed by atoms with Crippen molar-refractivity contribution >= 4 is 0 Å². The minimum absolute atomic E-state index is 0.500. The van der Waals surface area contributed by atoms with Gasteiger partial charge in [0, 0.05) is 11.8 Å². The van der Waals surface area contributed by atoms with Gasteiger partial charge in [0.05, 0.1) is 5.69 Å². The van der Waals surface area contributed by atoms with Crippen LogP contribution in [0.4, 0.5) is 0 Å². The Labute approximate surface area is 104 Å². The van der Waals surface area contributed by atoms with E-state index in [1.807, 2.05) is 12.3 Å². The lowest BCUT2D eigenvalue weighted by atomic mass is 9.95. The highest BCUT2D eigenvalue weighted by atomic mass is 14.7. The van der Waals surface area contributed by atoms with Crippen molar-refractivity contribution in [2.75, 3.05) is 0 Å². The number of hydrogen-bond acceptors (Lipinski definition) is 1. The van der Waals surface area contributed by atoms with E-state index in [1.165, 1.54) is 22.3 Å². The van der Waals surface area contributed by atoms with Crippen LogP contribution in [0.3, 0.4) is 0 Å². The predicted molar refractivity (Wildman–Crippen MR) is 73.2 cm³/mol. The Morgan fingerprint density at radius 1 is 1.00 bits per heavy atom. The van der Waals surface area contributed by atoms with Crippen molar-refractivity contribution in [1.29, 1.82) is 0 Å². The first-order valence-electron chi connectivity index (χ1n) is 6.11. The molecule has 17 heavy (non-hydrogen) atoms. The molecule has 0 N–H and O–H groups in total. The molecular formula is C16H19N. The van der Waals surface area contributed by atoms with Crippen LogP contribution in [0.5, 0.6) is 0 Å². The molecule has 1 aromatic carbocycles. The molecule has 0 fully saturated rings. The van der Waals surface area contributed by atoms with Gasteiger partial charge in [0.25, 0.3) is 0 Å². The fourth-order valence-electron chi connectivity index (χ4n) is 2.24. The number of hydrogen-bond donors (Lipinski definition) is 0. The molecule has 1 heterocycles. The van der Waals surface area contributed by atoms with Gasteiger partial charge in [-0.15, -0.1) is 0 Å². The standard InChI is InChI=1S/C16H19N/c1-11(2)15-6-5-7-17-16(15)14-9-12(3)8-13(4)10-14/h5-11H,1-4H3. The topological polar surface area (TPSA) is 12.9 Å². The number of nitrogens with zero attached hydrogens (tertiary/aromatic N) is 1. The van der Waals surface area contributed by atoms with Crippen molar-refractivity contribution in [1.82, 2.24) is 4.98 Å². The zero-order chi connectivity index (χ0) is 12.4. The summed E-state index contributed by atoms with van der Waals surface area (Å²) in [6.07, 6.45) is 1.87. The van der Waals surface area contributed by atoms with E-state index < -0.39 is 0 Å². The van der Waals surface area contributed by atoms with Crippen molar-refractivity contribution in [3.8, 4) is 11.3 Å². The summed E-state index contributed by atoms with van der Waals surface area (Å²) in [5.41, 5.74) is 6.25. The van der Waals surface area contributed by atoms with Crippen LogP contribution in [0.2, 0.25) is 0 Å². The highest BCUT2D eigenvalue weighted by Gasteiger charge is 2.09. The second kappa shape index (κ2) is 4.70. The van der Waals surface area contributed by atoms with E-state index in [-0.39, 0.29) is 0 Å². The molecule has 0 aliphatic carbocycles. The highest BCUT2D eigenvalue weighted by molar-refractivity contribution is 5.65. The SMILES string of the molecule is Cc1cc(C)cc(-c2ncccc2C(C)C)c1. The fraction of sp³-hybridized carbons (Fsp3) is 0.312. The van der Waals surface area contributed by atoms with Crippen LogP contribution in [0.15, 0.2) is 36.5 Å². The minimum Gasteiger partial charge on any atom is -0.256 e. The Balaban J connectivity index is 2.60. The third kappa shape index (κ3) is 2.55. The van der Waals surface area contributed by atoms with E-state index in [4.69, 9.17) is 0 Å². The molecule has 88 valence electrons. The zero-order valence-corrected chi connectivity index (χ0v) is 11.0. The van der Waals surface area contributed by atoms with E-state index in [9.17, 15) is 0 Å². The smallest absolute Gasteiger partial charge is 0.0736 e. The molecule has 1 heteroatoms. The number of aryl methyl sites for hydroxylation is 2. The molecule has 1 nitrogen and oxygen atoms in total. The van der Waals surface area contributed by atoms with Crippen LogP contribution in [-0.2, 0) is 0 Å². The quantitative estimate of drug-likeness (QED) is 0.734. The van der Waals surface area contributed by atoms with Gasteiger partial charge < -0.3 is 0 Å². The van der Waals surface area contributed by atoms with Crippen LogP contribution in [-0.4, -0.2) is 4.98 Å². The number of benzene rings is 1. The summed E-state index contributed by atoms with van der Waals surface area (Å²) < 4.78 is 0. The third-order valence-corrected chi connectivity index (χ3v) is 2.96. The maximum atomic E-state index is 4.55. The second-order valence-electron chi connectivity index (χ2n) is 4.97. The van der Waals surface area contributed by atoms with Crippen LogP contribution in [0.1, 0.15) is 36.5 Å². The Hall–Kier alpha value is -1.63. The summed E-state index contributed by atoms with van der Waals surface area (Å²) in [6.45, 7) is 8.69. The average Bonchev–Trinajstić information content (AvgIpc) is 2.27. The summed E-state index contributed by atoms with van der Waals surface area (Å²) in [4.78, 5) is 4.55. The molecule has 2 rings (SSSR count). The van der Waals surface area contributed by atoms with Gasteiger partial charge in [-0.25, -0.2) is 0 Å². The van der Waals surface area contributed by atoms with E-state index in [1.54, 1.807) is 0 Å². The number of pyridine rings is 1. The molecule has 0 unspecified atom stereocenters. The summed E-state index contributed by atoms with van der Waals surface area (Å²) in [5, 5.41) is 0. The number of rotatable bonds is 2. The Morgan fingerprint density at radius 3 is 2.24 bits per heavy atom. The summed E-state index contributed by atoms with van der Waals surface area (Å²) in [5.74, 6) is 0.500. The Morgan fingerprint density at radius 2 is 1.65 bits per heavy atom. The third-order valence-electron chi connectivity index (χ3n) is 2.96. The van der Waals surface area contributed by atoms with E-state index in [2.05, 4.69) is 56.9 Å². The molecule has 0 atom stereocenters. The molecule has 0 spiro atoms. The largest absolute Gasteiger partial charge is 0.256 e. The Kier molecular flexibility index (Phi) is 3.28. The first-order valence-corrected chi connectivity index (χ1v) is 6.11. The molecule has 0 bridgehead atoms. The van der Waals surface area contributed by atoms with Crippen LogP contribution in [0, 0.1) is 13.8 Å². The van der Waals surface area contributed by atoms with Gasteiger partial charge in [0.2, 0.25) is 0 Å². The molecule has 0 aliphatic heterocycles. The first kappa shape index (κ1) is 11.8. The van der Waals surface area contributed by atoms with Gasteiger partial charge >= 0.3 is 0 Å². The molecule has 0 saturated heterocycles. The molecule has 0 aliphatic rings. The monoisotopic (exact) mass is 225 g/mol. The normalized spacial score (nSPS) is 10.9. The lowest BCUT2D eigenvalue weighted by Gasteiger charge is -2.12. The van der Waals surface area contributed by atoms with Gasteiger partial charge in [-0.3, -0.25) is 4.98 Å². The van der Waals surface area contributed by atoms with Crippen molar-refractivity contribution in [3.05, 3.63) is 53.2 Å². The van der Waals surface area contributed by atoms with Gasteiger partial charge in [0.1, 0.15) is 0 Å². The molecule has 1 aromatic heterocycles. The molecule has 0 radical (unpaired) electrons. The zero-order valence-electron chi connectivity index (χ0n) is 11.0. The van der Waals surface area contributed by atoms with E-state index in [0.29, 0.717) is 5.92 Å². The first-order chi connectivity index (χ1) is 8.08. The van der Waals surface area contributed by atoms with Crippen LogP contribution >= 0.6 is 0 Å². The van der Waals surface area contributed by atoms with E-state index >= 15 is 0 Å². The minimum atomic E-state index is 0.500. The van der Waals surface area contributed by atoms with Crippen molar-refractivity contribution in [3.63, 3.8) is 0 Å². The number of aromatic nitrogens is 1. The van der Waals surface area contributed by atoms with Gasteiger partial charge in [-0.1, -0.05) is 37.1 Å². The van der Waals surface area contributed by atoms with Gasteiger partial charge in [-0.05, 0) is 43.5 Å². The highest BCUT2D eigenvalue weighted by Crippen LogP contribution is 2.28. The molecule has 2 aromatic rings. The molecular weight excluding hydrogens is 206 g/mol. The fourth-order valence-corrected chi connectivity index (χ4v) is 2.24. The second-order valence-corrected chi connectivity index (χ2v) is 4.97. The summed E-state index contributed by atoms with van der Waals surface area (Å²) in [6, 6.07) is 10.8. The molecule has 0 saturated carbocycles. The summed E-state index contributed by atoms with van der Waals surface area (Å²) in [7, 11) is 0. The Bertz CT molecular complexity index is 507. The lowest BCUT2D eigenvalue weighted by molar-refractivity contribution is 0.861. The van der Waals surface area contributed by atoms with Crippen molar-refractivity contribution < 1.29 is 0 Å². The maximum absolute atomic E-state index is 4.55. The molecule has 0 amide bonds. The lowest BCUT2D eigenvalue weighted by Crippen LogP contribution is -1.95.